The molecule has 0 aliphatic carbocycles. The molecule has 0 aromatic heterocycles. The largest absolute Gasteiger partial charge is 0.392 e. The zero-order valence-electron chi connectivity index (χ0n) is 9.92. The first-order valence-corrected chi connectivity index (χ1v) is 6.86. The third-order valence-electron chi connectivity index (χ3n) is 2.10. The molecule has 17 heavy (non-hydrogen) atoms. The van der Waals surface area contributed by atoms with E-state index >= 15 is 0 Å². The van der Waals surface area contributed by atoms with Crippen LogP contribution < -0.4 is 4.72 Å². The Bertz CT molecular complexity index is 475. The molecule has 0 aliphatic rings. The van der Waals surface area contributed by atoms with Gasteiger partial charge in [-0.1, -0.05) is 29.8 Å². The summed E-state index contributed by atoms with van der Waals surface area (Å²) in [7, 11) is -3.48. The zero-order chi connectivity index (χ0) is 12.9. The smallest absolute Gasteiger partial charge is 0.233 e. The molecule has 5 heteroatoms. The van der Waals surface area contributed by atoms with Crippen LogP contribution >= 0.6 is 0 Å². The van der Waals surface area contributed by atoms with Crippen LogP contribution in [0.25, 0.3) is 6.08 Å². The van der Waals surface area contributed by atoms with E-state index in [1.165, 1.54) is 13.0 Å². The molecule has 0 spiro atoms. The molecule has 2 N–H and O–H groups in total. The van der Waals surface area contributed by atoms with E-state index in [1.54, 1.807) is 0 Å². The SMILES string of the molecule is Cc1ccc(/C=C/S(=O)(=O)NCC(C)O)cc1. The summed E-state index contributed by atoms with van der Waals surface area (Å²) in [5, 5.41) is 10.1. The Morgan fingerprint density at radius 1 is 1.35 bits per heavy atom. The minimum atomic E-state index is -3.48. The van der Waals surface area contributed by atoms with E-state index in [0.29, 0.717) is 0 Å². The topological polar surface area (TPSA) is 66.4 Å². The van der Waals surface area contributed by atoms with Crippen molar-refractivity contribution in [2.45, 2.75) is 20.0 Å². The summed E-state index contributed by atoms with van der Waals surface area (Å²) in [5.74, 6) is 0. The van der Waals surface area contributed by atoms with E-state index in [2.05, 4.69) is 4.72 Å². The monoisotopic (exact) mass is 255 g/mol. The number of rotatable bonds is 5. The number of sulfonamides is 1. The maximum absolute atomic E-state index is 11.5. The van der Waals surface area contributed by atoms with Crippen molar-refractivity contribution in [2.24, 2.45) is 0 Å². The molecule has 0 aliphatic heterocycles. The van der Waals surface area contributed by atoms with E-state index in [-0.39, 0.29) is 6.54 Å². The summed E-state index contributed by atoms with van der Waals surface area (Å²) >= 11 is 0. The Morgan fingerprint density at radius 3 is 2.47 bits per heavy atom. The fourth-order valence-corrected chi connectivity index (χ4v) is 2.04. The number of aryl methyl sites for hydroxylation is 1. The molecule has 1 atom stereocenters. The number of nitrogens with one attached hydrogen (secondary N) is 1. The maximum Gasteiger partial charge on any atom is 0.233 e. The second kappa shape index (κ2) is 5.95. The van der Waals surface area contributed by atoms with E-state index in [9.17, 15) is 8.42 Å². The Hall–Kier alpha value is -1.17. The predicted octanol–water partition coefficient (Wildman–Crippen LogP) is 1.27. The van der Waals surface area contributed by atoms with Gasteiger partial charge in [0.1, 0.15) is 0 Å². The van der Waals surface area contributed by atoms with Crippen molar-refractivity contribution < 1.29 is 13.5 Å². The van der Waals surface area contributed by atoms with Crippen LogP contribution in [0.15, 0.2) is 29.7 Å². The summed E-state index contributed by atoms with van der Waals surface area (Å²) in [4.78, 5) is 0. The zero-order valence-corrected chi connectivity index (χ0v) is 10.7. The van der Waals surface area contributed by atoms with Gasteiger partial charge in [0.2, 0.25) is 10.0 Å². The maximum atomic E-state index is 11.5. The van der Waals surface area contributed by atoms with Gasteiger partial charge in [-0.15, -0.1) is 0 Å². The molecule has 1 aromatic carbocycles. The molecule has 0 fully saturated rings. The molecule has 0 saturated heterocycles. The number of aliphatic hydroxyl groups excluding tert-OH is 1. The van der Waals surface area contributed by atoms with Crippen LogP contribution in [0.4, 0.5) is 0 Å². The van der Waals surface area contributed by atoms with Gasteiger partial charge in [0, 0.05) is 12.0 Å². The van der Waals surface area contributed by atoms with Crippen molar-refractivity contribution in [3.8, 4) is 0 Å². The molecule has 1 unspecified atom stereocenters. The highest BCUT2D eigenvalue weighted by Crippen LogP contribution is 2.05. The first-order chi connectivity index (χ1) is 7.89. The van der Waals surface area contributed by atoms with E-state index in [1.807, 2.05) is 31.2 Å². The third-order valence-corrected chi connectivity index (χ3v) is 3.16. The fraction of sp³-hybridized carbons (Fsp3) is 0.333. The average molecular weight is 255 g/mol. The molecule has 4 nitrogen and oxygen atoms in total. The highest BCUT2D eigenvalue weighted by atomic mass is 32.2. The van der Waals surface area contributed by atoms with Crippen LogP contribution in [0.3, 0.4) is 0 Å². The lowest BCUT2D eigenvalue weighted by molar-refractivity contribution is 0.199. The Kier molecular flexibility index (Phi) is 4.86. The Labute approximate surface area is 102 Å². The van der Waals surface area contributed by atoms with Crippen molar-refractivity contribution in [3.63, 3.8) is 0 Å². The van der Waals surface area contributed by atoms with Gasteiger partial charge >= 0.3 is 0 Å². The van der Waals surface area contributed by atoms with Gasteiger partial charge in [-0.2, -0.15) is 0 Å². The first-order valence-electron chi connectivity index (χ1n) is 5.31. The average Bonchev–Trinajstić information content (AvgIpc) is 2.26. The van der Waals surface area contributed by atoms with Crippen molar-refractivity contribution >= 4 is 16.1 Å². The van der Waals surface area contributed by atoms with Crippen molar-refractivity contribution in [1.29, 1.82) is 0 Å². The molecule has 94 valence electrons. The minimum absolute atomic E-state index is 0.0145. The van der Waals surface area contributed by atoms with Gasteiger partial charge in [-0.05, 0) is 25.5 Å². The van der Waals surface area contributed by atoms with Crippen LogP contribution in [0.1, 0.15) is 18.1 Å². The molecule has 1 aromatic rings. The van der Waals surface area contributed by atoms with Gasteiger partial charge in [0.15, 0.2) is 0 Å². The summed E-state index contributed by atoms with van der Waals surface area (Å²) in [5.41, 5.74) is 1.94. The molecule has 0 heterocycles. The fourth-order valence-electron chi connectivity index (χ4n) is 1.13. The molecule has 1 rings (SSSR count). The van der Waals surface area contributed by atoms with Crippen LogP contribution in [-0.4, -0.2) is 26.2 Å². The predicted molar refractivity (Wildman–Crippen MR) is 68.8 cm³/mol. The second-order valence-electron chi connectivity index (χ2n) is 3.96. The second-order valence-corrected chi connectivity index (χ2v) is 5.61. The standard InChI is InChI=1S/C12H17NO3S/c1-10-3-5-12(6-4-10)7-8-17(15,16)13-9-11(2)14/h3-8,11,13-14H,9H2,1-2H3/b8-7+. The van der Waals surface area contributed by atoms with Crippen LogP contribution in [0.5, 0.6) is 0 Å². The van der Waals surface area contributed by atoms with Gasteiger partial charge in [-0.25, -0.2) is 13.1 Å². The lowest BCUT2D eigenvalue weighted by Gasteiger charge is -2.04. The van der Waals surface area contributed by atoms with Gasteiger partial charge in [0.05, 0.1) is 6.10 Å². The molecule has 0 radical (unpaired) electrons. The van der Waals surface area contributed by atoms with Crippen LogP contribution in [0, 0.1) is 6.92 Å². The van der Waals surface area contributed by atoms with Crippen molar-refractivity contribution in [1.82, 2.24) is 4.72 Å². The van der Waals surface area contributed by atoms with E-state index in [0.717, 1.165) is 16.5 Å². The number of hydrogen-bond donors (Lipinski definition) is 2. The van der Waals surface area contributed by atoms with Gasteiger partial charge < -0.3 is 5.11 Å². The molecule has 0 saturated carbocycles. The Balaban J connectivity index is 2.67. The summed E-state index contributed by atoms with van der Waals surface area (Å²) in [6.45, 7) is 3.50. The molecule has 0 amide bonds. The number of aliphatic hydroxyl groups is 1. The quantitative estimate of drug-likeness (QED) is 0.832. The van der Waals surface area contributed by atoms with E-state index in [4.69, 9.17) is 5.11 Å². The highest BCUT2D eigenvalue weighted by Gasteiger charge is 2.05. The number of benzene rings is 1. The van der Waals surface area contributed by atoms with Gasteiger partial charge in [-0.3, -0.25) is 0 Å². The lowest BCUT2D eigenvalue weighted by atomic mass is 10.2. The lowest BCUT2D eigenvalue weighted by Crippen LogP contribution is -2.28. The van der Waals surface area contributed by atoms with E-state index < -0.39 is 16.1 Å². The van der Waals surface area contributed by atoms with Gasteiger partial charge in [0.25, 0.3) is 0 Å². The molecular weight excluding hydrogens is 238 g/mol. The summed E-state index contributed by atoms with van der Waals surface area (Å²) in [6.07, 6.45) is 0.821. The van der Waals surface area contributed by atoms with Crippen LogP contribution in [0.2, 0.25) is 0 Å². The van der Waals surface area contributed by atoms with Crippen molar-refractivity contribution in [2.75, 3.05) is 6.54 Å². The van der Waals surface area contributed by atoms with Crippen molar-refractivity contribution in [3.05, 3.63) is 40.8 Å². The minimum Gasteiger partial charge on any atom is -0.392 e. The summed E-state index contributed by atoms with van der Waals surface area (Å²) in [6, 6.07) is 7.51. The Morgan fingerprint density at radius 2 is 1.94 bits per heavy atom. The highest BCUT2D eigenvalue weighted by molar-refractivity contribution is 7.92. The first kappa shape index (κ1) is 13.9. The summed E-state index contributed by atoms with van der Waals surface area (Å²) < 4.78 is 25.2. The van der Waals surface area contributed by atoms with Crippen LogP contribution in [-0.2, 0) is 10.0 Å². The number of hydrogen-bond acceptors (Lipinski definition) is 3. The normalized spacial score (nSPS) is 14.1. The third kappa shape index (κ3) is 5.63. The molecule has 0 bridgehead atoms. The molecular formula is C12H17NO3S.